The van der Waals surface area contributed by atoms with E-state index in [1.807, 2.05) is 32.0 Å². The van der Waals surface area contributed by atoms with Gasteiger partial charge in [0.25, 0.3) is 11.8 Å². The molecule has 0 fully saturated rings. The lowest BCUT2D eigenvalue weighted by Crippen LogP contribution is -2.27. The highest BCUT2D eigenvalue weighted by Gasteiger charge is 2.16. The van der Waals surface area contributed by atoms with Gasteiger partial charge in [0.2, 0.25) is 0 Å². The topological polar surface area (TPSA) is 90.7 Å². The molecule has 0 aliphatic rings. The van der Waals surface area contributed by atoms with Crippen LogP contribution in [0.3, 0.4) is 0 Å². The van der Waals surface area contributed by atoms with Crippen LogP contribution in [0.5, 0.6) is 11.5 Å². The number of carbonyl (C=O) groups is 2. The van der Waals surface area contributed by atoms with Gasteiger partial charge in [0.15, 0.2) is 6.61 Å². The summed E-state index contributed by atoms with van der Waals surface area (Å²) in [6, 6.07) is 12.2. The van der Waals surface area contributed by atoms with Crippen LogP contribution < -0.4 is 20.5 Å². The summed E-state index contributed by atoms with van der Waals surface area (Å²) in [6.07, 6.45) is 0. The van der Waals surface area contributed by atoms with E-state index in [1.54, 1.807) is 31.4 Å². The normalized spacial score (nSPS) is 11.5. The summed E-state index contributed by atoms with van der Waals surface area (Å²) in [5.74, 6) is 0.305. The van der Waals surface area contributed by atoms with Crippen LogP contribution in [0.15, 0.2) is 42.5 Å². The number of benzene rings is 2. The van der Waals surface area contributed by atoms with Crippen LogP contribution in [-0.4, -0.2) is 25.5 Å². The Kier molecular flexibility index (Phi) is 6.00. The summed E-state index contributed by atoms with van der Waals surface area (Å²) in [5, 5.41) is 2.94. The minimum absolute atomic E-state index is 0.234. The molecule has 0 aliphatic heterocycles. The van der Waals surface area contributed by atoms with E-state index in [2.05, 4.69) is 5.32 Å². The summed E-state index contributed by atoms with van der Waals surface area (Å²) in [4.78, 5) is 23.3. The first kappa shape index (κ1) is 18.3. The summed E-state index contributed by atoms with van der Waals surface area (Å²) in [6.45, 7) is 3.64. The fraction of sp³-hybridized carbons (Fsp3) is 0.263. The highest BCUT2D eigenvalue weighted by molar-refractivity contribution is 5.94. The summed E-state index contributed by atoms with van der Waals surface area (Å²) >= 11 is 0. The van der Waals surface area contributed by atoms with Crippen molar-refractivity contribution in [2.75, 3.05) is 13.7 Å². The van der Waals surface area contributed by atoms with Gasteiger partial charge in [-0.25, -0.2) is 0 Å². The lowest BCUT2D eigenvalue weighted by atomic mass is 10.0. The smallest absolute Gasteiger partial charge is 0.255 e. The summed E-state index contributed by atoms with van der Waals surface area (Å²) < 4.78 is 10.6. The Balaban J connectivity index is 2.12. The van der Waals surface area contributed by atoms with Gasteiger partial charge in [-0.05, 0) is 38.1 Å². The molecular weight excluding hydrogens is 320 g/mol. The standard InChI is InChI=1S/C19H22N2O4/c1-12-7-8-17(24-3)16(9-12)13(2)21-19(23)14-5-4-6-15(10-14)25-11-18(20)22/h4-10,13H,11H2,1-3H3,(H2,20,22)(H,21,23). The molecule has 2 amide bonds. The molecule has 0 heterocycles. The predicted octanol–water partition coefficient (Wildman–Crippen LogP) is 2.36. The number of hydrogen-bond donors (Lipinski definition) is 2. The average Bonchev–Trinajstić information content (AvgIpc) is 2.60. The van der Waals surface area contributed by atoms with Crippen molar-refractivity contribution in [1.29, 1.82) is 0 Å². The monoisotopic (exact) mass is 342 g/mol. The molecular formula is C19H22N2O4. The zero-order chi connectivity index (χ0) is 18.4. The Morgan fingerprint density at radius 1 is 1.20 bits per heavy atom. The summed E-state index contributed by atoms with van der Waals surface area (Å²) in [7, 11) is 1.60. The molecule has 6 nitrogen and oxygen atoms in total. The number of hydrogen-bond acceptors (Lipinski definition) is 4. The molecule has 2 aromatic rings. The maximum atomic E-state index is 12.5. The van der Waals surface area contributed by atoms with Gasteiger partial charge in [0.1, 0.15) is 11.5 Å². The minimum atomic E-state index is -0.574. The molecule has 25 heavy (non-hydrogen) atoms. The van der Waals surface area contributed by atoms with Crippen LogP contribution in [0.4, 0.5) is 0 Å². The van der Waals surface area contributed by atoms with Crippen molar-refractivity contribution in [3.05, 3.63) is 59.2 Å². The second kappa shape index (κ2) is 8.19. The van der Waals surface area contributed by atoms with Crippen LogP contribution >= 0.6 is 0 Å². The zero-order valence-electron chi connectivity index (χ0n) is 14.5. The van der Waals surface area contributed by atoms with E-state index in [1.165, 1.54) is 0 Å². The van der Waals surface area contributed by atoms with Gasteiger partial charge in [0, 0.05) is 11.1 Å². The van der Waals surface area contributed by atoms with Crippen molar-refractivity contribution in [2.45, 2.75) is 19.9 Å². The van der Waals surface area contributed by atoms with Crippen LogP contribution in [-0.2, 0) is 4.79 Å². The Hall–Kier alpha value is -3.02. The second-order valence-corrected chi connectivity index (χ2v) is 5.72. The highest BCUT2D eigenvalue weighted by atomic mass is 16.5. The minimum Gasteiger partial charge on any atom is -0.496 e. The maximum Gasteiger partial charge on any atom is 0.255 e. The van der Waals surface area contributed by atoms with Gasteiger partial charge in [-0.3, -0.25) is 9.59 Å². The molecule has 2 aromatic carbocycles. The van der Waals surface area contributed by atoms with Crippen molar-refractivity contribution in [3.8, 4) is 11.5 Å². The highest BCUT2D eigenvalue weighted by Crippen LogP contribution is 2.26. The molecule has 132 valence electrons. The van der Waals surface area contributed by atoms with Crippen molar-refractivity contribution in [2.24, 2.45) is 5.73 Å². The van der Waals surface area contributed by atoms with Crippen LogP contribution in [0.25, 0.3) is 0 Å². The molecule has 3 N–H and O–H groups in total. The number of aryl methyl sites for hydroxylation is 1. The number of amides is 2. The third-order valence-corrected chi connectivity index (χ3v) is 3.68. The number of rotatable bonds is 7. The van der Waals surface area contributed by atoms with E-state index in [-0.39, 0.29) is 18.6 Å². The average molecular weight is 342 g/mol. The molecule has 0 aromatic heterocycles. The number of carbonyl (C=O) groups excluding carboxylic acids is 2. The lowest BCUT2D eigenvalue weighted by molar-refractivity contribution is -0.119. The van der Waals surface area contributed by atoms with Crippen molar-refractivity contribution < 1.29 is 19.1 Å². The van der Waals surface area contributed by atoms with Gasteiger partial charge in [-0.1, -0.05) is 23.8 Å². The molecule has 6 heteroatoms. The fourth-order valence-corrected chi connectivity index (χ4v) is 2.43. The quantitative estimate of drug-likeness (QED) is 0.808. The first-order chi connectivity index (χ1) is 11.9. The zero-order valence-corrected chi connectivity index (χ0v) is 14.5. The predicted molar refractivity (Wildman–Crippen MR) is 94.7 cm³/mol. The number of nitrogens with one attached hydrogen (secondary N) is 1. The van der Waals surface area contributed by atoms with Gasteiger partial charge >= 0.3 is 0 Å². The van der Waals surface area contributed by atoms with E-state index in [0.717, 1.165) is 16.9 Å². The summed E-state index contributed by atoms with van der Waals surface area (Å²) in [5.41, 5.74) is 7.47. The third kappa shape index (κ3) is 4.97. The van der Waals surface area contributed by atoms with Gasteiger partial charge in [-0.2, -0.15) is 0 Å². The first-order valence-electron chi connectivity index (χ1n) is 7.87. The molecule has 1 unspecified atom stereocenters. The Labute approximate surface area is 146 Å². The van der Waals surface area contributed by atoms with E-state index in [0.29, 0.717) is 11.3 Å². The molecule has 1 atom stereocenters. The van der Waals surface area contributed by atoms with Gasteiger partial charge in [-0.15, -0.1) is 0 Å². The van der Waals surface area contributed by atoms with E-state index in [9.17, 15) is 9.59 Å². The number of ether oxygens (including phenoxy) is 2. The van der Waals surface area contributed by atoms with E-state index < -0.39 is 5.91 Å². The largest absolute Gasteiger partial charge is 0.496 e. The van der Waals surface area contributed by atoms with Crippen molar-refractivity contribution in [3.63, 3.8) is 0 Å². The Morgan fingerprint density at radius 3 is 2.64 bits per heavy atom. The fourth-order valence-electron chi connectivity index (χ4n) is 2.43. The second-order valence-electron chi connectivity index (χ2n) is 5.72. The van der Waals surface area contributed by atoms with E-state index >= 15 is 0 Å². The first-order valence-corrected chi connectivity index (χ1v) is 7.87. The Morgan fingerprint density at radius 2 is 1.96 bits per heavy atom. The lowest BCUT2D eigenvalue weighted by Gasteiger charge is -2.18. The van der Waals surface area contributed by atoms with Crippen molar-refractivity contribution in [1.82, 2.24) is 5.32 Å². The number of primary amides is 1. The number of methoxy groups -OCH3 is 1. The van der Waals surface area contributed by atoms with Crippen LogP contribution in [0, 0.1) is 6.92 Å². The van der Waals surface area contributed by atoms with E-state index in [4.69, 9.17) is 15.2 Å². The van der Waals surface area contributed by atoms with Gasteiger partial charge < -0.3 is 20.5 Å². The molecule has 0 aliphatic carbocycles. The molecule has 2 rings (SSSR count). The molecule has 0 spiro atoms. The van der Waals surface area contributed by atoms with Crippen LogP contribution in [0.1, 0.15) is 34.5 Å². The molecule has 0 bridgehead atoms. The number of nitrogens with two attached hydrogens (primary N) is 1. The van der Waals surface area contributed by atoms with Crippen LogP contribution in [0.2, 0.25) is 0 Å². The molecule has 0 saturated carbocycles. The maximum absolute atomic E-state index is 12.5. The Bertz CT molecular complexity index is 774. The molecule has 0 radical (unpaired) electrons. The SMILES string of the molecule is COc1ccc(C)cc1C(C)NC(=O)c1cccc(OCC(N)=O)c1. The van der Waals surface area contributed by atoms with Crippen molar-refractivity contribution >= 4 is 11.8 Å². The molecule has 0 saturated heterocycles. The van der Waals surface area contributed by atoms with Gasteiger partial charge in [0.05, 0.1) is 13.2 Å². The third-order valence-electron chi connectivity index (χ3n) is 3.68.